The molecule has 2 aliphatic rings. The van der Waals surface area contributed by atoms with Crippen LogP contribution in [-0.4, -0.2) is 58.4 Å². The van der Waals surface area contributed by atoms with E-state index in [1.165, 1.54) is 18.3 Å². The number of hydrogen-bond donors (Lipinski definition) is 1. The molecule has 5 rings (SSSR count). The second-order valence-corrected chi connectivity index (χ2v) is 9.77. The molecule has 1 aliphatic carbocycles. The molecule has 3 aromatic rings. The molecule has 2 fully saturated rings. The Bertz CT molecular complexity index is 1250. The van der Waals surface area contributed by atoms with E-state index in [4.69, 9.17) is 18.6 Å². The Morgan fingerprint density at radius 3 is 2.38 bits per heavy atom. The van der Waals surface area contributed by atoms with Gasteiger partial charge in [-0.3, -0.25) is 14.5 Å². The van der Waals surface area contributed by atoms with Crippen molar-refractivity contribution in [3.05, 3.63) is 72.2 Å². The highest BCUT2D eigenvalue weighted by Crippen LogP contribution is 2.39. The maximum Gasteiger partial charge on any atom is 0.295 e. The highest BCUT2D eigenvalue weighted by atomic mass is 16.5. The molecule has 9 heteroatoms. The van der Waals surface area contributed by atoms with E-state index in [0.717, 1.165) is 44.5 Å². The predicted octanol–water partition coefficient (Wildman–Crippen LogP) is 4.58. The second kappa shape index (κ2) is 12.3. The van der Waals surface area contributed by atoms with E-state index >= 15 is 0 Å². The van der Waals surface area contributed by atoms with Crippen molar-refractivity contribution in [2.45, 2.75) is 37.8 Å². The van der Waals surface area contributed by atoms with Gasteiger partial charge in [-0.05, 0) is 54.8 Å². The summed E-state index contributed by atoms with van der Waals surface area (Å²) in [4.78, 5) is 31.9. The highest BCUT2D eigenvalue weighted by Gasteiger charge is 2.37. The third kappa shape index (κ3) is 5.88. The van der Waals surface area contributed by atoms with Crippen LogP contribution in [0.1, 0.15) is 47.8 Å². The average molecular weight is 534 g/mol. The molecule has 0 bridgehead atoms. The molecule has 0 spiro atoms. The van der Waals surface area contributed by atoms with Gasteiger partial charge in [0.05, 0.1) is 39.4 Å². The number of methoxy groups -OCH3 is 2. The van der Waals surface area contributed by atoms with Crippen LogP contribution in [0, 0.1) is 0 Å². The molecule has 2 heterocycles. The number of hydrogen-bond acceptors (Lipinski definition) is 7. The fourth-order valence-corrected chi connectivity index (χ4v) is 5.33. The third-order valence-electron chi connectivity index (χ3n) is 7.39. The normalized spacial score (nSPS) is 16.5. The number of amides is 2. The molecular formula is C30H35N3O6. The maximum absolute atomic E-state index is 14.1. The largest absolute Gasteiger partial charge is 0.497 e. The van der Waals surface area contributed by atoms with Crippen LogP contribution < -0.4 is 24.6 Å². The molecule has 2 amide bonds. The molecule has 2 aromatic carbocycles. The van der Waals surface area contributed by atoms with Gasteiger partial charge in [-0.15, -0.1) is 0 Å². The molecule has 1 N–H and O–H groups in total. The third-order valence-corrected chi connectivity index (χ3v) is 7.39. The Balaban J connectivity index is 1.61. The first-order valence-corrected chi connectivity index (χ1v) is 13.4. The van der Waals surface area contributed by atoms with Gasteiger partial charge in [-0.1, -0.05) is 25.0 Å². The second-order valence-electron chi connectivity index (χ2n) is 9.77. The number of furan rings is 1. The van der Waals surface area contributed by atoms with Gasteiger partial charge >= 0.3 is 0 Å². The summed E-state index contributed by atoms with van der Waals surface area (Å²) in [5.74, 6) is 0.352. The lowest BCUT2D eigenvalue weighted by Crippen LogP contribution is -2.46. The van der Waals surface area contributed by atoms with E-state index in [0.29, 0.717) is 36.0 Å². The fraction of sp³-hybridized carbons (Fsp3) is 0.400. The van der Waals surface area contributed by atoms with E-state index in [2.05, 4.69) is 10.2 Å². The Morgan fingerprint density at radius 2 is 1.74 bits per heavy atom. The lowest BCUT2D eigenvalue weighted by molar-refractivity contribution is -0.123. The number of ether oxygens (including phenoxy) is 3. The van der Waals surface area contributed by atoms with Gasteiger partial charge in [0.1, 0.15) is 17.5 Å². The molecule has 9 nitrogen and oxygen atoms in total. The molecular weight excluding hydrogens is 498 g/mol. The van der Waals surface area contributed by atoms with Crippen molar-refractivity contribution in [3.8, 4) is 11.5 Å². The molecule has 39 heavy (non-hydrogen) atoms. The van der Waals surface area contributed by atoms with Crippen molar-refractivity contribution in [3.63, 3.8) is 0 Å². The average Bonchev–Trinajstić information content (AvgIpc) is 3.71. The summed E-state index contributed by atoms with van der Waals surface area (Å²) in [6, 6.07) is 15.3. The lowest BCUT2D eigenvalue weighted by Gasteiger charge is -2.33. The summed E-state index contributed by atoms with van der Waals surface area (Å²) >= 11 is 0. The Hall–Kier alpha value is -3.98. The number of nitrogens with one attached hydrogen (secondary N) is 1. The number of benzene rings is 2. The molecule has 0 unspecified atom stereocenters. The van der Waals surface area contributed by atoms with Gasteiger partial charge in [0.2, 0.25) is 5.91 Å². The fourth-order valence-electron chi connectivity index (χ4n) is 5.33. The zero-order valence-electron chi connectivity index (χ0n) is 22.4. The van der Waals surface area contributed by atoms with Crippen molar-refractivity contribution in [2.75, 3.05) is 50.3 Å². The van der Waals surface area contributed by atoms with Crippen molar-refractivity contribution in [1.82, 2.24) is 5.32 Å². The predicted molar refractivity (Wildman–Crippen MR) is 148 cm³/mol. The number of carbonyl (C=O) groups excluding carboxylic acids is 2. The van der Waals surface area contributed by atoms with Gasteiger partial charge in [0, 0.05) is 30.9 Å². The van der Waals surface area contributed by atoms with E-state index in [9.17, 15) is 9.59 Å². The Kier molecular flexibility index (Phi) is 8.36. The van der Waals surface area contributed by atoms with Gasteiger partial charge in [-0.25, -0.2) is 0 Å². The number of nitrogens with zero attached hydrogens (tertiary/aromatic N) is 2. The van der Waals surface area contributed by atoms with Crippen LogP contribution in [0.4, 0.5) is 11.4 Å². The zero-order valence-corrected chi connectivity index (χ0v) is 22.4. The minimum atomic E-state index is -0.983. The van der Waals surface area contributed by atoms with Crippen LogP contribution in [0.5, 0.6) is 11.5 Å². The Morgan fingerprint density at radius 1 is 1.00 bits per heavy atom. The molecule has 1 atom stereocenters. The molecule has 206 valence electrons. The summed E-state index contributed by atoms with van der Waals surface area (Å²) < 4.78 is 22.1. The number of rotatable bonds is 9. The first kappa shape index (κ1) is 26.6. The standard InChI is InChI=1S/C30H35N3O6/c1-36-24-13-14-26(37-2)25(20-24)33(30(35)27-8-5-17-39-27)28(29(34)31-22-6-3-4-7-22)21-9-11-23(12-10-21)32-15-18-38-19-16-32/h5,8-14,17,20,22,28H,3-4,6-7,15-16,18-19H2,1-2H3,(H,31,34)/t28-/m1/s1. The van der Waals surface area contributed by atoms with Crippen molar-refractivity contribution in [1.29, 1.82) is 0 Å². The van der Waals surface area contributed by atoms with Gasteiger partial charge in [0.25, 0.3) is 5.91 Å². The molecule has 1 aliphatic heterocycles. The SMILES string of the molecule is COc1ccc(OC)c(N(C(=O)c2ccco2)[C@@H](C(=O)NC2CCCC2)c2ccc(N3CCOCC3)cc2)c1. The highest BCUT2D eigenvalue weighted by molar-refractivity contribution is 6.09. The van der Waals surface area contributed by atoms with Crippen molar-refractivity contribution >= 4 is 23.2 Å². The van der Waals surface area contributed by atoms with E-state index in [-0.39, 0.29) is 17.7 Å². The summed E-state index contributed by atoms with van der Waals surface area (Å²) in [6.07, 6.45) is 5.43. The van der Waals surface area contributed by atoms with Gasteiger partial charge < -0.3 is 28.8 Å². The van der Waals surface area contributed by atoms with Crippen LogP contribution in [0.15, 0.2) is 65.3 Å². The van der Waals surface area contributed by atoms with Crippen LogP contribution in [0.3, 0.4) is 0 Å². The van der Waals surface area contributed by atoms with Gasteiger partial charge in [-0.2, -0.15) is 0 Å². The molecule has 1 aromatic heterocycles. The molecule has 1 saturated heterocycles. The quantitative estimate of drug-likeness (QED) is 0.430. The van der Waals surface area contributed by atoms with Crippen LogP contribution in [-0.2, 0) is 9.53 Å². The molecule has 0 radical (unpaired) electrons. The summed E-state index contributed by atoms with van der Waals surface area (Å²) in [7, 11) is 3.09. The first-order valence-electron chi connectivity index (χ1n) is 13.4. The van der Waals surface area contributed by atoms with Crippen molar-refractivity contribution in [2.24, 2.45) is 0 Å². The summed E-state index contributed by atoms with van der Waals surface area (Å²) in [5.41, 5.74) is 2.12. The zero-order chi connectivity index (χ0) is 27.2. The van der Waals surface area contributed by atoms with E-state index < -0.39 is 11.9 Å². The van der Waals surface area contributed by atoms with E-state index in [1.807, 2.05) is 24.3 Å². The minimum Gasteiger partial charge on any atom is -0.497 e. The number of carbonyl (C=O) groups is 2. The lowest BCUT2D eigenvalue weighted by atomic mass is 10.0. The minimum absolute atomic E-state index is 0.0698. The Labute approximate surface area is 228 Å². The van der Waals surface area contributed by atoms with Crippen LogP contribution in [0.25, 0.3) is 0 Å². The number of anilines is 2. The topological polar surface area (TPSA) is 93.5 Å². The van der Waals surface area contributed by atoms with Crippen molar-refractivity contribution < 1.29 is 28.2 Å². The van der Waals surface area contributed by atoms with Crippen LogP contribution in [0.2, 0.25) is 0 Å². The molecule has 1 saturated carbocycles. The first-order chi connectivity index (χ1) is 19.1. The summed E-state index contributed by atoms with van der Waals surface area (Å²) in [5, 5.41) is 3.21. The maximum atomic E-state index is 14.1. The van der Waals surface area contributed by atoms with Crippen LogP contribution >= 0.6 is 0 Å². The monoisotopic (exact) mass is 533 g/mol. The number of morpholine rings is 1. The van der Waals surface area contributed by atoms with E-state index in [1.54, 1.807) is 37.4 Å². The summed E-state index contributed by atoms with van der Waals surface area (Å²) in [6.45, 7) is 2.95. The van der Waals surface area contributed by atoms with Gasteiger partial charge in [0.15, 0.2) is 5.76 Å². The smallest absolute Gasteiger partial charge is 0.295 e.